The normalized spacial score (nSPS) is 10.8. The third-order valence-corrected chi connectivity index (χ3v) is 2.30. The Balaban J connectivity index is 4.80. The summed E-state index contributed by atoms with van der Waals surface area (Å²) in [6.45, 7) is 12.8. The summed E-state index contributed by atoms with van der Waals surface area (Å²) in [7, 11) is 0.926. The summed E-state index contributed by atoms with van der Waals surface area (Å²) in [5.41, 5.74) is 0. The molecule has 0 aromatic carbocycles. The van der Waals surface area contributed by atoms with E-state index in [2.05, 4.69) is 62.5 Å². The van der Waals surface area contributed by atoms with Gasteiger partial charge in [-0.15, -0.1) is 0 Å². The first-order chi connectivity index (χ1) is 7.36. The van der Waals surface area contributed by atoms with Gasteiger partial charge in [-0.05, 0) is 41.5 Å². The first-order valence-electron chi connectivity index (χ1n) is 6.08. The predicted octanol–water partition coefficient (Wildman–Crippen LogP) is -0.0230. The lowest BCUT2D eigenvalue weighted by Crippen LogP contribution is -2.43. The number of hydrogen-bond donors (Lipinski definition) is 4. The van der Waals surface area contributed by atoms with Gasteiger partial charge in [-0.25, -0.2) is 0 Å². The second kappa shape index (κ2) is 7.43. The minimum Gasteiger partial charge on any atom is -0.403 e. The van der Waals surface area contributed by atoms with Crippen LogP contribution in [0, 0.1) is 0 Å². The number of hydrogen-bond acceptors (Lipinski definition) is 4. The summed E-state index contributed by atoms with van der Waals surface area (Å²) >= 11 is 0. The lowest BCUT2D eigenvalue weighted by atomic mass is 10.3. The minimum absolute atomic E-state index is 0.417. The molecule has 0 radical (unpaired) electrons. The second-order valence-corrected chi connectivity index (χ2v) is 5.40. The predicted molar refractivity (Wildman–Crippen MR) is 74.9 cm³/mol. The third kappa shape index (κ3) is 6.61. The Morgan fingerprint density at radius 1 is 0.688 bits per heavy atom. The molecule has 16 heavy (non-hydrogen) atoms. The fourth-order valence-corrected chi connectivity index (χ4v) is 1.72. The molecular weight excluding hydrogens is 216 g/mol. The summed E-state index contributed by atoms with van der Waals surface area (Å²) < 4.78 is 0. The van der Waals surface area contributed by atoms with E-state index in [-0.39, 0.29) is 0 Å². The van der Waals surface area contributed by atoms with Crippen molar-refractivity contribution < 1.29 is 0 Å². The molecule has 0 unspecified atom stereocenters. The zero-order valence-electron chi connectivity index (χ0n) is 11.7. The highest BCUT2D eigenvalue weighted by atomic mass is 28.2. The molecule has 0 bridgehead atoms. The average Bonchev–Trinajstić information content (AvgIpc) is 2.11. The van der Waals surface area contributed by atoms with Gasteiger partial charge in [0.1, 0.15) is 22.0 Å². The maximum absolute atomic E-state index is 3.43. The van der Waals surface area contributed by atoms with Crippen LogP contribution in [0.25, 0.3) is 0 Å². The molecule has 0 rings (SSSR count). The van der Waals surface area contributed by atoms with Gasteiger partial charge in [-0.2, -0.15) is 0 Å². The highest BCUT2D eigenvalue weighted by Crippen LogP contribution is 1.97. The molecule has 4 nitrogen and oxygen atoms in total. The van der Waals surface area contributed by atoms with Crippen molar-refractivity contribution in [2.45, 2.75) is 59.7 Å². The van der Waals surface area contributed by atoms with Crippen LogP contribution in [0.4, 0.5) is 0 Å². The largest absolute Gasteiger partial charge is 0.403 e. The van der Waals surface area contributed by atoms with E-state index in [0.717, 1.165) is 22.0 Å². The summed E-state index contributed by atoms with van der Waals surface area (Å²) in [5, 5.41) is 10.3. The van der Waals surface area contributed by atoms with Gasteiger partial charge < -0.3 is 20.9 Å². The van der Waals surface area contributed by atoms with E-state index in [4.69, 9.17) is 0 Å². The van der Waals surface area contributed by atoms with E-state index in [0.29, 0.717) is 18.1 Å². The fraction of sp³-hybridized carbons (Fsp3) is 0.818. The molecule has 0 aliphatic rings. The smallest absolute Gasteiger partial charge is 0.140 e. The highest BCUT2D eigenvalue weighted by Gasteiger charge is 2.08. The van der Waals surface area contributed by atoms with Gasteiger partial charge in [0.15, 0.2) is 0 Å². The Morgan fingerprint density at radius 3 is 1.25 bits per heavy atom. The molecule has 0 aliphatic carbocycles. The SMILES string of the molecule is CC(C)NC(N[SiH3])=C(NC(C)C)NC(C)C. The van der Waals surface area contributed by atoms with Crippen molar-refractivity contribution in [3.63, 3.8) is 0 Å². The minimum atomic E-state index is 0.417. The van der Waals surface area contributed by atoms with Crippen LogP contribution in [0.15, 0.2) is 11.6 Å². The maximum atomic E-state index is 3.43. The molecular formula is C11H28N4Si. The number of rotatable bonds is 7. The van der Waals surface area contributed by atoms with Crippen molar-refractivity contribution in [3.8, 4) is 0 Å². The van der Waals surface area contributed by atoms with E-state index in [1.165, 1.54) is 0 Å². The Morgan fingerprint density at radius 2 is 1.00 bits per heavy atom. The van der Waals surface area contributed by atoms with E-state index < -0.39 is 0 Å². The van der Waals surface area contributed by atoms with Crippen LogP contribution < -0.4 is 20.9 Å². The third-order valence-electron chi connectivity index (χ3n) is 1.80. The van der Waals surface area contributed by atoms with Gasteiger partial charge in [0.05, 0.1) is 0 Å². The molecule has 5 heteroatoms. The molecule has 0 aliphatic heterocycles. The molecule has 96 valence electrons. The Bertz CT molecular complexity index is 212. The molecule has 0 atom stereocenters. The van der Waals surface area contributed by atoms with Crippen molar-refractivity contribution >= 4 is 10.4 Å². The zero-order valence-corrected chi connectivity index (χ0v) is 13.7. The van der Waals surface area contributed by atoms with Crippen molar-refractivity contribution in [1.82, 2.24) is 20.9 Å². The molecule has 0 aromatic rings. The maximum Gasteiger partial charge on any atom is 0.140 e. The van der Waals surface area contributed by atoms with E-state index >= 15 is 0 Å². The average molecular weight is 244 g/mol. The van der Waals surface area contributed by atoms with Gasteiger partial charge >= 0.3 is 0 Å². The van der Waals surface area contributed by atoms with Crippen LogP contribution in [-0.2, 0) is 0 Å². The Labute approximate surface area is 103 Å². The van der Waals surface area contributed by atoms with E-state index in [9.17, 15) is 0 Å². The molecule has 0 heterocycles. The van der Waals surface area contributed by atoms with Gasteiger partial charge in [-0.3, -0.25) is 0 Å². The van der Waals surface area contributed by atoms with E-state index in [1.54, 1.807) is 0 Å². The van der Waals surface area contributed by atoms with Crippen LogP contribution >= 0.6 is 0 Å². The van der Waals surface area contributed by atoms with E-state index in [1.807, 2.05) is 0 Å². The molecule has 0 spiro atoms. The molecule has 0 aromatic heterocycles. The lowest BCUT2D eigenvalue weighted by molar-refractivity contribution is 0.532. The molecule has 0 amide bonds. The van der Waals surface area contributed by atoms with Crippen molar-refractivity contribution in [3.05, 3.63) is 11.6 Å². The monoisotopic (exact) mass is 244 g/mol. The van der Waals surface area contributed by atoms with Crippen LogP contribution in [0.2, 0.25) is 0 Å². The molecule has 4 N–H and O–H groups in total. The van der Waals surface area contributed by atoms with Crippen molar-refractivity contribution in [1.29, 1.82) is 0 Å². The fourth-order valence-electron chi connectivity index (χ4n) is 1.32. The second-order valence-electron chi connectivity index (χ2n) is 4.90. The van der Waals surface area contributed by atoms with Gasteiger partial charge in [0.2, 0.25) is 0 Å². The van der Waals surface area contributed by atoms with Crippen molar-refractivity contribution in [2.24, 2.45) is 0 Å². The Kier molecular flexibility index (Phi) is 7.04. The van der Waals surface area contributed by atoms with Gasteiger partial charge in [0.25, 0.3) is 0 Å². The zero-order chi connectivity index (χ0) is 12.7. The van der Waals surface area contributed by atoms with Crippen LogP contribution in [-0.4, -0.2) is 28.5 Å². The van der Waals surface area contributed by atoms with Crippen LogP contribution in [0.1, 0.15) is 41.5 Å². The summed E-state index contributed by atoms with van der Waals surface area (Å²) in [5.74, 6) is 2.14. The quantitative estimate of drug-likeness (QED) is 0.475. The summed E-state index contributed by atoms with van der Waals surface area (Å²) in [4.78, 5) is 3.33. The van der Waals surface area contributed by atoms with Gasteiger partial charge in [-0.1, -0.05) is 0 Å². The lowest BCUT2D eigenvalue weighted by Gasteiger charge is -2.24. The number of nitrogens with one attached hydrogen (secondary N) is 4. The molecule has 0 saturated carbocycles. The van der Waals surface area contributed by atoms with Crippen LogP contribution in [0.5, 0.6) is 0 Å². The van der Waals surface area contributed by atoms with Crippen molar-refractivity contribution in [2.75, 3.05) is 0 Å². The summed E-state index contributed by atoms with van der Waals surface area (Å²) in [6.07, 6.45) is 0. The van der Waals surface area contributed by atoms with Crippen LogP contribution in [0.3, 0.4) is 0 Å². The highest BCUT2D eigenvalue weighted by molar-refractivity contribution is 6.05. The first-order valence-corrected chi connectivity index (χ1v) is 7.08. The standard InChI is InChI=1S/C11H28N4Si/c1-7(2)12-10(13-8(3)4)11(15-16)14-9(5)6/h7-9,12-15H,1-6,16H3. The molecule has 0 fully saturated rings. The van der Waals surface area contributed by atoms with Gasteiger partial charge in [0, 0.05) is 18.1 Å². The summed E-state index contributed by atoms with van der Waals surface area (Å²) in [6, 6.07) is 1.26. The topological polar surface area (TPSA) is 48.1 Å². The molecule has 0 saturated heterocycles. The first kappa shape index (κ1) is 15.2. The Hall–Kier alpha value is -0.843.